The number of hydroxylamine groups is 1. The normalized spacial score (nSPS) is 10.9. The topological polar surface area (TPSA) is 75.4 Å². The van der Waals surface area contributed by atoms with Gasteiger partial charge in [-0.2, -0.15) is 0 Å². The van der Waals surface area contributed by atoms with Gasteiger partial charge in [0.05, 0.1) is 0 Å². The van der Waals surface area contributed by atoms with Gasteiger partial charge in [0, 0.05) is 6.42 Å². The number of rotatable bonds is 18. The molecule has 0 aromatic rings. The fourth-order valence-corrected chi connectivity index (χ4v) is 2.96. The van der Waals surface area contributed by atoms with Crippen LogP contribution >= 0.6 is 0 Å². The Hall–Kier alpha value is -0.610. The van der Waals surface area contributed by atoms with Gasteiger partial charge >= 0.3 is 0 Å². The maximum Gasteiger partial charge on any atom is 0.243 e. The molecule has 0 saturated heterocycles. The minimum Gasteiger partial charge on any atom is -0.330 e. The van der Waals surface area contributed by atoms with E-state index in [0.717, 1.165) is 19.4 Å². The Labute approximate surface area is 143 Å². The highest BCUT2D eigenvalue weighted by atomic mass is 16.5. The molecule has 0 heterocycles. The fraction of sp³-hybridized carbons (Fsp3) is 0.947. The molecule has 23 heavy (non-hydrogen) atoms. The third-order valence-corrected chi connectivity index (χ3v) is 4.48. The third-order valence-electron chi connectivity index (χ3n) is 4.48. The molecule has 1 amide bonds. The monoisotopic (exact) mass is 328 g/mol. The number of carbonyl (C=O) groups is 1. The largest absolute Gasteiger partial charge is 0.330 e. The van der Waals surface area contributed by atoms with Crippen LogP contribution in [-0.4, -0.2) is 17.7 Å². The van der Waals surface area contributed by atoms with E-state index in [9.17, 15) is 4.79 Å². The molecule has 0 aliphatic heterocycles. The average Bonchev–Trinajstić information content (AvgIpc) is 2.57. The summed E-state index contributed by atoms with van der Waals surface area (Å²) >= 11 is 0. The van der Waals surface area contributed by atoms with E-state index in [1.807, 2.05) is 0 Å². The van der Waals surface area contributed by atoms with Crippen LogP contribution in [0.5, 0.6) is 0 Å². The van der Waals surface area contributed by atoms with Gasteiger partial charge in [-0.25, -0.2) is 5.48 Å². The van der Waals surface area contributed by atoms with Crippen molar-refractivity contribution < 1.29 is 10.0 Å². The molecule has 0 unspecified atom stereocenters. The standard InChI is InChI=1S/C19H40N2O2/c20-18-16-14-12-10-8-6-4-2-1-3-5-7-9-11-13-15-17-19(22)21-23/h23H,1-18,20H2,(H,21,22). The van der Waals surface area contributed by atoms with Crippen molar-refractivity contribution in [3.8, 4) is 0 Å². The smallest absolute Gasteiger partial charge is 0.243 e. The quantitative estimate of drug-likeness (QED) is 0.186. The van der Waals surface area contributed by atoms with E-state index in [2.05, 4.69) is 0 Å². The van der Waals surface area contributed by atoms with E-state index in [1.54, 1.807) is 5.48 Å². The van der Waals surface area contributed by atoms with Gasteiger partial charge in [-0.3, -0.25) is 10.0 Å². The number of unbranched alkanes of at least 4 members (excludes halogenated alkanes) is 15. The zero-order valence-electron chi connectivity index (χ0n) is 15.2. The van der Waals surface area contributed by atoms with Crippen LogP contribution in [0.1, 0.15) is 109 Å². The lowest BCUT2D eigenvalue weighted by molar-refractivity contribution is -0.129. The molecular formula is C19H40N2O2. The summed E-state index contributed by atoms with van der Waals surface area (Å²) in [5, 5.41) is 8.37. The van der Waals surface area contributed by atoms with Gasteiger partial charge in [-0.1, -0.05) is 89.9 Å². The van der Waals surface area contributed by atoms with Crippen LogP contribution in [0.25, 0.3) is 0 Å². The Morgan fingerprint density at radius 3 is 1.22 bits per heavy atom. The van der Waals surface area contributed by atoms with Gasteiger partial charge in [0.25, 0.3) is 0 Å². The lowest BCUT2D eigenvalue weighted by Gasteiger charge is -2.03. The highest BCUT2D eigenvalue weighted by molar-refractivity contribution is 5.74. The molecule has 0 aromatic carbocycles. The Kier molecular flexibility index (Phi) is 18.9. The van der Waals surface area contributed by atoms with E-state index in [4.69, 9.17) is 10.9 Å². The van der Waals surface area contributed by atoms with Crippen LogP contribution in [-0.2, 0) is 4.79 Å². The summed E-state index contributed by atoms with van der Waals surface area (Å²) in [7, 11) is 0. The first-order valence-electron chi connectivity index (χ1n) is 9.94. The van der Waals surface area contributed by atoms with Crippen LogP contribution in [0.15, 0.2) is 0 Å². The molecule has 4 N–H and O–H groups in total. The molecule has 0 atom stereocenters. The summed E-state index contributed by atoms with van der Waals surface area (Å²) in [5.74, 6) is -0.263. The summed E-state index contributed by atoms with van der Waals surface area (Å²) in [4.78, 5) is 10.8. The van der Waals surface area contributed by atoms with E-state index in [1.165, 1.54) is 89.9 Å². The zero-order valence-corrected chi connectivity index (χ0v) is 15.2. The summed E-state index contributed by atoms with van der Waals surface area (Å²) in [5.41, 5.74) is 7.16. The van der Waals surface area contributed by atoms with Crippen molar-refractivity contribution in [2.75, 3.05) is 6.54 Å². The molecule has 0 fully saturated rings. The maximum absolute atomic E-state index is 10.8. The molecule has 0 bridgehead atoms. The van der Waals surface area contributed by atoms with Gasteiger partial charge in [0.15, 0.2) is 0 Å². The minimum atomic E-state index is -0.263. The second kappa shape index (κ2) is 19.4. The molecule has 4 nitrogen and oxygen atoms in total. The first kappa shape index (κ1) is 22.4. The van der Waals surface area contributed by atoms with Crippen LogP contribution < -0.4 is 11.2 Å². The van der Waals surface area contributed by atoms with Crippen molar-refractivity contribution in [1.29, 1.82) is 0 Å². The zero-order chi connectivity index (χ0) is 17.0. The van der Waals surface area contributed by atoms with Crippen molar-refractivity contribution >= 4 is 5.91 Å². The minimum absolute atomic E-state index is 0.263. The molecule has 0 rings (SSSR count). The van der Waals surface area contributed by atoms with Crippen molar-refractivity contribution in [2.45, 2.75) is 109 Å². The third kappa shape index (κ3) is 19.3. The molecule has 0 aliphatic rings. The van der Waals surface area contributed by atoms with Crippen LogP contribution in [0.4, 0.5) is 0 Å². The van der Waals surface area contributed by atoms with Crippen molar-refractivity contribution in [2.24, 2.45) is 5.73 Å². The number of hydrogen-bond donors (Lipinski definition) is 3. The maximum atomic E-state index is 10.8. The summed E-state index contributed by atoms with van der Waals surface area (Å²) < 4.78 is 0. The van der Waals surface area contributed by atoms with E-state index < -0.39 is 0 Å². The Balaban J connectivity index is 2.99. The van der Waals surface area contributed by atoms with Gasteiger partial charge in [-0.05, 0) is 19.4 Å². The number of carbonyl (C=O) groups excluding carboxylic acids is 1. The number of hydrogen-bond acceptors (Lipinski definition) is 3. The second-order valence-electron chi connectivity index (χ2n) is 6.73. The predicted molar refractivity (Wildman–Crippen MR) is 97.5 cm³/mol. The molecular weight excluding hydrogens is 288 g/mol. The first-order valence-corrected chi connectivity index (χ1v) is 9.94. The Morgan fingerprint density at radius 1 is 0.609 bits per heavy atom. The lowest BCUT2D eigenvalue weighted by atomic mass is 10.0. The molecule has 0 radical (unpaired) electrons. The first-order chi connectivity index (χ1) is 11.3. The van der Waals surface area contributed by atoms with Crippen LogP contribution in [0, 0.1) is 0 Å². The van der Waals surface area contributed by atoms with E-state index >= 15 is 0 Å². The lowest BCUT2D eigenvalue weighted by Crippen LogP contribution is -2.17. The number of amides is 1. The Morgan fingerprint density at radius 2 is 0.913 bits per heavy atom. The van der Waals surface area contributed by atoms with Crippen LogP contribution in [0.3, 0.4) is 0 Å². The van der Waals surface area contributed by atoms with E-state index in [-0.39, 0.29) is 5.91 Å². The highest BCUT2D eigenvalue weighted by Gasteiger charge is 1.98. The van der Waals surface area contributed by atoms with Gasteiger partial charge < -0.3 is 5.73 Å². The van der Waals surface area contributed by atoms with E-state index in [0.29, 0.717) is 6.42 Å². The second-order valence-corrected chi connectivity index (χ2v) is 6.73. The summed E-state index contributed by atoms with van der Waals surface area (Å²) in [6.45, 7) is 0.848. The average molecular weight is 329 g/mol. The fourth-order valence-electron chi connectivity index (χ4n) is 2.96. The van der Waals surface area contributed by atoms with Gasteiger partial charge in [0.2, 0.25) is 5.91 Å². The highest BCUT2D eigenvalue weighted by Crippen LogP contribution is 2.13. The molecule has 4 heteroatoms. The predicted octanol–water partition coefficient (Wildman–Crippen LogP) is 5.08. The number of nitrogens with two attached hydrogens (primary N) is 1. The van der Waals surface area contributed by atoms with Crippen LogP contribution in [0.2, 0.25) is 0 Å². The molecule has 0 spiro atoms. The molecule has 0 aliphatic carbocycles. The summed E-state index contributed by atoms with van der Waals surface area (Å²) in [6.07, 6.45) is 21.3. The van der Waals surface area contributed by atoms with Gasteiger partial charge in [-0.15, -0.1) is 0 Å². The van der Waals surface area contributed by atoms with Crippen molar-refractivity contribution in [3.63, 3.8) is 0 Å². The van der Waals surface area contributed by atoms with Crippen molar-refractivity contribution in [1.82, 2.24) is 5.48 Å². The molecule has 0 aromatic heterocycles. The molecule has 0 saturated carbocycles. The molecule has 138 valence electrons. The summed E-state index contributed by atoms with van der Waals surface area (Å²) in [6, 6.07) is 0. The SMILES string of the molecule is NCCCCCCCCCCCCCCCCCCC(=O)NO. The van der Waals surface area contributed by atoms with Gasteiger partial charge in [0.1, 0.15) is 0 Å². The van der Waals surface area contributed by atoms with Crippen molar-refractivity contribution in [3.05, 3.63) is 0 Å². The Bertz CT molecular complexity index is 248. The number of nitrogens with one attached hydrogen (secondary N) is 1.